The molecule has 2 aromatic heterocycles. The van der Waals surface area contributed by atoms with Crippen LogP contribution in [0.25, 0.3) is 22.2 Å². The molecular formula is C27H25BrN2O4S. The van der Waals surface area contributed by atoms with Crippen molar-refractivity contribution >= 4 is 55.0 Å². The maximum atomic E-state index is 13.6. The third kappa shape index (κ3) is 5.55. The second-order valence-corrected chi connectivity index (χ2v) is 9.71. The summed E-state index contributed by atoms with van der Waals surface area (Å²) in [4.78, 5) is 31.8. The number of rotatable bonds is 8. The molecule has 180 valence electrons. The smallest absolute Gasteiger partial charge is 0.341 e. The lowest BCUT2D eigenvalue weighted by Crippen LogP contribution is -2.15. The predicted octanol–water partition coefficient (Wildman–Crippen LogP) is 7.12. The summed E-state index contributed by atoms with van der Waals surface area (Å²) >= 11 is 4.88. The standard InChI is InChI=1S/C27H25BrN2O4S/c1-4-19-14-22(27(32)34-6-3)26(35-19)30-25(31)21-15-24(16-7-10-18(11-8-16)33-5-2)29-23-12-9-17(28)13-20(21)23/h7-15H,4-6H2,1-3H3,(H,30,31). The van der Waals surface area contributed by atoms with Crippen molar-refractivity contribution in [2.24, 2.45) is 0 Å². The molecule has 35 heavy (non-hydrogen) atoms. The Morgan fingerprint density at radius 1 is 0.971 bits per heavy atom. The first-order valence-electron chi connectivity index (χ1n) is 11.4. The molecule has 0 aliphatic rings. The fourth-order valence-electron chi connectivity index (χ4n) is 3.66. The van der Waals surface area contributed by atoms with Crippen LogP contribution in [0.3, 0.4) is 0 Å². The highest BCUT2D eigenvalue weighted by atomic mass is 79.9. The van der Waals surface area contributed by atoms with Gasteiger partial charge in [-0.3, -0.25) is 4.79 Å². The van der Waals surface area contributed by atoms with Crippen molar-refractivity contribution in [3.8, 4) is 17.0 Å². The van der Waals surface area contributed by atoms with E-state index in [1.165, 1.54) is 11.3 Å². The third-order valence-electron chi connectivity index (χ3n) is 5.33. The predicted molar refractivity (Wildman–Crippen MR) is 144 cm³/mol. The minimum Gasteiger partial charge on any atom is -0.494 e. The summed E-state index contributed by atoms with van der Waals surface area (Å²) in [6.07, 6.45) is 0.750. The van der Waals surface area contributed by atoms with Crippen molar-refractivity contribution in [3.05, 3.63) is 75.1 Å². The zero-order valence-electron chi connectivity index (χ0n) is 19.7. The molecule has 6 nitrogen and oxygen atoms in total. The molecule has 2 heterocycles. The van der Waals surface area contributed by atoms with Gasteiger partial charge in [0.25, 0.3) is 5.91 Å². The van der Waals surface area contributed by atoms with Gasteiger partial charge in [0.1, 0.15) is 10.8 Å². The summed E-state index contributed by atoms with van der Waals surface area (Å²) in [5, 5.41) is 4.14. The van der Waals surface area contributed by atoms with Crippen LogP contribution in [0.5, 0.6) is 5.75 Å². The van der Waals surface area contributed by atoms with E-state index in [0.29, 0.717) is 39.3 Å². The summed E-state index contributed by atoms with van der Waals surface area (Å²) in [6.45, 7) is 6.54. The Morgan fingerprint density at radius 2 is 1.74 bits per heavy atom. The van der Waals surface area contributed by atoms with Gasteiger partial charge in [0, 0.05) is 20.3 Å². The Labute approximate surface area is 216 Å². The molecule has 0 radical (unpaired) electrons. The Balaban J connectivity index is 1.76. The van der Waals surface area contributed by atoms with Gasteiger partial charge in [0.05, 0.1) is 35.6 Å². The van der Waals surface area contributed by atoms with E-state index in [1.807, 2.05) is 56.3 Å². The number of pyridine rings is 1. The van der Waals surface area contributed by atoms with Crippen LogP contribution in [0.1, 0.15) is 46.4 Å². The van der Waals surface area contributed by atoms with Gasteiger partial charge in [-0.15, -0.1) is 11.3 Å². The lowest BCUT2D eigenvalue weighted by atomic mass is 10.0. The van der Waals surface area contributed by atoms with Crippen LogP contribution in [0.2, 0.25) is 0 Å². The number of carbonyl (C=O) groups is 2. The first-order chi connectivity index (χ1) is 16.9. The number of hydrogen-bond donors (Lipinski definition) is 1. The van der Waals surface area contributed by atoms with E-state index < -0.39 is 5.97 Å². The number of fused-ring (bicyclic) bond motifs is 1. The highest BCUT2D eigenvalue weighted by molar-refractivity contribution is 9.10. The average Bonchev–Trinajstić information content (AvgIpc) is 3.27. The number of esters is 1. The minimum atomic E-state index is -0.448. The van der Waals surface area contributed by atoms with Crippen LogP contribution in [0.15, 0.2) is 59.1 Å². The monoisotopic (exact) mass is 552 g/mol. The Morgan fingerprint density at radius 3 is 2.43 bits per heavy atom. The summed E-state index contributed by atoms with van der Waals surface area (Å²) in [5.74, 6) is 0.00347. The normalized spacial score (nSPS) is 10.9. The van der Waals surface area contributed by atoms with E-state index in [9.17, 15) is 9.59 Å². The number of halogens is 1. The molecule has 0 atom stereocenters. The maximum absolute atomic E-state index is 13.6. The Bertz CT molecular complexity index is 1380. The molecule has 0 aliphatic carbocycles. The van der Waals surface area contributed by atoms with Crippen molar-refractivity contribution in [1.82, 2.24) is 4.98 Å². The SMILES string of the molecule is CCOC(=O)c1cc(CC)sc1NC(=O)c1cc(-c2ccc(OCC)cc2)nc2ccc(Br)cc12. The minimum absolute atomic E-state index is 0.262. The van der Waals surface area contributed by atoms with E-state index >= 15 is 0 Å². The van der Waals surface area contributed by atoms with Crippen LogP contribution >= 0.6 is 27.3 Å². The molecule has 2 aromatic carbocycles. The Hall–Kier alpha value is -3.23. The second kappa shape index (κ2) is 11.0. The molecule has 1 N–H and O–H groups in total. The van der Waals surface area contributed by atoms with E-state index in [4.69, 9.17) is 14.5 Å². The summed E-state index contributed by atoms with van der Waals surface area (Å²) in [5.41, 5.74) is 3.05. The number of aryl methyl sites for hydroxylation is 1. The van der Waals surface area contributed by atoms with E-state index in [0.717, 1.165) is 27.1 Å². The fraction of sp³-hybridized carbons (Fsp3) is 0.222. The largest absolute Gasteiger partial charge is 0.494 e. The quantitative estimate of drug-likeness (QED) is 0.235. The molecule has 4 aromatic rings. The number of benzene rings is 2. The molecule has 0 saturated carbocycles. The molecule has 0 spiro atoms. The molecule has 0 fully saturated rings. The van der Waals surface area contributed by atoms with Gasteiger partial charge in [-0.2, -0.15) is 0 Å². The van der Waals surface area contributed by atoms with Gasteiger partial charge >= 0.3 is 5.97 Å². The molecular weight excluding hydrogens is 528 g/mol. The molecule has 0 aliphatic heterocycles. The zero-order chi connectivity index (χ0) is 24.9. The number of hydrogen-bond acceptors (Lipinski definition) is 6. The van der Waals surface area contributed by atoms with E-state index in [1.54, 1.807) is 19.1 Å². The van der Waals surface area contributed by atoms with Gasteiger partial charge in [-0.1, -0.05) is 22.9 Å². The molecule has 0 bridgehead atoms. The third-order valence-corrected chi connectivity index (χ3v) is 7.02. The van der Waals surface area contributed by atoms with Gasteiger partial charge < -0.3 is 14.8 Å². The molecule has 1 amide bonds. The molecule has 4 rings (SSSR count). The van der Waals surface area contributed by atoms with Crippen molar-refractivity contribution in [3.63, 3.8) is 0 Å². The zero-order valence-corrected chi connectivity index (χ0v) is 22.1. The number of anilines is 1. The lowest BCUT2D eigenvalue weighted by Gasteiger charge is -2.12. The number of carbonyl (C=O) groups excluding carboxylic acids is 2. The van der Waals surface area contributed by atoms with Gasteiger partial charge in [-0.05, 0) is 74.9 Å². The van der Waals surface area contributed by atoms with E-state index in [2.05, 4.69) is 21.2 Å². The molecule has 0 unspecified atom stereocenters. The van der Waals surface area contributed by atoms with Crippen molar-refractivity contribution in [2.45, 2.75) is 27.2 Å². The average molecular weight is 553 g/mol. The van der Waals surface area contributed by atoms with Crippen LogP contribution in [0.4, 0.5) is 5.00 Å². The molecule has 8 heteroatoms. The van der Waals surface area contributed by atoms with Gasteiger partial charge in [-0.25, -0.2) is 9.78 Å². The van der Waals surface area contributed by atoms with Gasteiger partial charge in [0.15, 0.2) is 0 Å². The van der Waals surface area contributed by atoms with Crippen LogP contribution in [-0.2, 0) is 11.2 Å². The van der Waals surface area contributed by atoms with Gasteiger partial charge in [0.2, 0.25) is 0 Å². The summed E-state index contributed by atoms with van der Waals surface area (Å²) < 4.78 is 11.6. The molecule has 0 saturated heterocycles. The van der Waals surface area contributed by atoms with Crippen molar-refractivity contribution in [2.75, 3.05) is 18.5 Å². The first-order valence-corrected chi connectivity index (χ1v) is 13.0. The fourth-order valence-corrected chi connectivity index (χ4v) is 5.00. The topological polar surface area (TPSA) is 77.5 Å². The number of nitrogens with one attached hydrogen (secondary N) is 1. The van der Waals surface area contributed by atoms with Crippen LogP contribution < -0.4 is 10.1 Å². The van der Waals surface area contributed by atoms with Crippen molar-refractivity contribution < 1.29 is 19.1 Å². The van der Waals surface area contributed by atoms with Crippen molar-refractivity contribution in [1.29, 1.82) is 0 Å². The van der Waals surface area contributed by atoms with Crippen LogP contribution in [0, 0.1) is 0 Å². The van der Waals surface area contributed by atoms with E-state index in [-0.39, 0.29) is 12.5 Å². The Kier molecular flexibility index (Phi) is 7.83. The second-order valence-electron chi connectivity index (χ2n) is 7.66. The first kappa shape index (κ1) is 24.9. The number of ether oxygens (including phenoxy) is 2. The van der Waals surface area contributed by atoms with Crippen LogP contribution in [-0.4, -0.2) is 30.1 Å². The number of thiophene rings is 1. The number of amides is 1. The lowest BCUT2D eigenvalue weighted by molar-refractivity contribution is 0.0528. The highest BCUT2D eigenvalue weighted by Crippen LogP contribution is 2.32. The highest BCUT2D eigenvalue weighted by Gasteiger charge is 2.21. The maximum Gasteiger partial charge on any atom is 0.341 e. The summed E-state index contributed by atoms with van der Waals surface area (Å²) in [6, 6.07) is 16.8. The summed E-state index contributed by atoms with van der Waals surface area (Å²) in [7, 11) is 0. The number of nitrogens with zero attached hydrogens (tertiary/aromatic N) is 1. The number of aromatic nitrogens is 1.